The van der Waals surface area contributed by atoms with E-state index in [1.807, 2.05) is 25.1 Å². The van der Waals surface area contributed by atoms with Gasteiger partial charge in [-0.05, 0) is 12.5 Å². The van der Waals surface area contributed by atoms with Gasteiger partial charge in [-0.2, -0.15) is 0 Å². The average Bonchev–Trinajstić information content (AvgIpc) is 2.25. The van der Waals surface area contributed by atoms with Crippen molar-refractivity contribution in [2.75, 3.05) is 11.0 Å². The predicted molar refractivity (Wildman–Crippen MR) is 65.5 cm³/mol. The highest BCUT2D eigenvalue weighted by Crippen LogP contribution is 2.06. The van der Waals surface area contributed by atoms with Crippen LogP contribution in [0.2, 0.25) is 0 Å². The monoisotopic (exact) mass is 306 g/mol. The zero-order chi connectivity index (χ0) is 10.2. The van der Waals surface area contributed by atoms with E-state index in [1.54, 1.807) is 0 Å². The van der Waals surface area contributed by atoms with Crippen molar-refractivity contribution in [1.82, 2.24) is 0 Å². The number of rotatable bonds is 6. The second-order valence-electron chi connectivity index (χ2n) is 2.84. The third kappa shape index (κ3) is 4.39. The fraction of sp³-hybridized carbons (Fsp3) is 0.455. The lowest BCUT2D eigenvalue weighted by Gasteiger charge is -2.14. The molecule has 0 heterocycles. The van der Waals surface area contributed by atoms with Gasteiger partial charge in [0.15, 0.2) is 6.29 Å². The van der Waals surface area contributed by atoms with E-state index in [1.165, 1.54) is 5.56 Å². The highest BCUT2D eigenvalue weighted by Gasteiger charge is 2.05. The maximum Gasteiger partial charge on any atom is 0.166 e. The van der Waals surface area contributed by atoms with Gasteiger partial charge in [-0.3, -0.25) is 0 Å². The Kier molecular flexibility index (Phi) is 6.14. The first-order valence-electron chi connectivity index (χ1n) is 4.70. The van der Waals surface area contributed by atoms with Gasteiger partial charge >= 0.3 is 0 Å². The average molecular weight is 306 g/mol. The molecule has 0 N–H and O–H groups in total. The van der Waals surface area contributed by atoms with E-state index < -0.39 is 0 Å². The van der Waals surface area contributed by atoms with Gasteiger partial charge in [0.2, 0.25) is 0 Å². The van der Waals surface area contributed by atoms with Gasteiger partial charge < -0.3 is 9.47 Å². The zero-order valence-corrected chi connectivity index (χ0v) is 10.4. The van der Waals surface area contributed by atoms with E-state index in [0.29, 0.717) is 13.2 Å². The molecule has 2 nitrogen and oxygen atoms in total. The lowest BCUT2D eigenvalue weighted by atomic mass is 10.2. The molecule has 0 aliphatic carbocycles. The first-order valence-corrected chi connectivity index (χ1v) is 6.22. The second-order valence-corrected chi connectivity index (χ2v) is 3.72. The number of ether oxygens (including phenoxy) is 2. The van der Waals surface area contributed by atoms with Crippen molar-refractivity contribution in [2.24, 2.45) is 0 Å². The Labute approximate surface area is 98.7 Å². The minimum absolute atomic E-state index is 0.0826. The molecule has 0 aliphatic heterocycles. The Morgan fingerprint density at radius 3 is 2.50 bits per heavy atom. The quantitative estimate of drug-likeness (QED) is 0.457. The predicted octanol–water partition coefficient (Wildman–Crippen LogP) is 3.00. The first kappa shape index (κ1) is 11.9. The maximum atomic E-state index is 5.59. The molecule has 0 aliphatic rings. The van der Waals surface area contributed by atoms with Crippen LogP contribution in [0, 0.1) is 0 Å². The summed E-state index contributed by atoms with van der Waals surface area (Å²) < 4.78 is 11.8. The smallest absolute Gasteiger partial charge is 0.166 e. The van der Waals surface area contributed by atoms with E-state index in [2.05, 4.69) is 34.7 Å². The normalized spacial score (nSPS) is 12.7. The maximum absolute atomic E-state index is 5.59. The Morgan fingerprint density at radius 2 is 1.93 bits per heavy atom. The molecule has 78 valence electrons. The molecule has 0 radical (unpaired) electrons. The van der Waals surface area contributed by atoms with E-state index in [4.69, 9.17) is 9.47 Å². The summed E-state index contributed by atoms with van der Waals surface area (Å²) in [7, 11) is 0. The minimum atomic E-state index is -0.0826. The topological polar surface area (TPSA) is 18.5 Å². The summed E-state index contributed by atoms with van der Waals surface area (Å²) in [4.78, 5) is 0. The molecule has 1 aromatic rings. The van der Waals surface area contributed by atoms with E-state index >= 15 is 0 Å². The van der Waals surface area contributed by atoms with Crippen molar-refractivity contribution >= 4 is 22.6 Å². The third-order valence-electron chi connectivity index (χ3n) is 1.76. The molecular weight excluding hydrogens is 291 g/mol. The summed E-state index contributed by atoms with van der Waals surface area (Å²) >= 11 is 2.27. The molecule has 0 unspecified atom stereocenters. The lowest BCUT2D eigenvalue weighted by molar-refractivity contribution is -0.129. The fourth-order valence-corrected chi connectivity index (χ4v) is 1.60. The van der Waals surface area contributed by atoms with Crippen LogP contribution in [0.3, 0.4) is 0 Å². The van der Waals surface area contributed by atoms with Gasteiger partial charge in [0, 0.05) is 6.61 Å². The summed E-state index contributed by atoms with van der Waals surface area (Å²) in [5, 5.41) is 0. The van der Waals surface area contributed by atoms with Crippen molar-refractivity contribution in [3.05, 3.63) is 35.9 Å². The van der Waals surface area contributed by atoms with Crippen LogP contribution in [-0.2, 0) is 16.1 Å². The van der Waals surface area contributed by atoms with Crippen molar-refractivity contribution in [1.29, 1.82) is 0 Å². The first-order chi connectivity index (χ1) is 6.86. The number of hydrogen-bond acceptors (Lipinski definition) is 2. The van der Waals surface area contributed by atoms with Gasteiger partial charge in [-0.25, -0.2) is 0 Å². The van der Waals surface area contributed by atoms with Gasteiger partial charge in [-0.1, -0.05) is 52.9 Å². The van der Waals surface area contributed by atoms with E-state index in [0.717, 1.165) is 4.43 Å². The van der Waals surface area contributed by atoms with Gasteiger partial charge in [0.05, 0.1) is 11.0 Å². The molecule has 0 saturated carbocycles. The third-order valence-corrected chi connectivity index (χ3v) is 2.48. The van der Waals surface area contributed by atoms with Crippen LogP contribution in [0.1, 0.15) is 12.5 Å². The molecule has 0 amide bonds. The van der Waals surface area contributed by atoms with E-state index in [9.17, 15) is 0 Å². The molecule has 3 heteroatoms. The van der Waals surface area contributed by atoms with Crippen LogP contribution >= 0.6 is 22.6 Å². The molecular formula is C11H15IO2. The van der Waals surface area contributed by atoms with Gasteiger partial charge in [0.25, 0.3) is 0 Å². The standard InChI is InChI=1S/C11H15IO2/c1-2-13-11(8-12)14-9-10-6-4-3-5-7-10/h3-7,11H,2,8-9H2,1H3/t11-/m0/s1. The van der Waals surface area contributed by atoms with Crippen molar-refractivity contribution in [2.45, 2.75) is 19.8 Å². The number of alkyl halides is 1. The lowest BCUT2D eigenvalue weighted by Crippen LogP contribution is -2.18. The van der Waals surface area contributed by atoms with E-state index in [-0.39, 0.29) is 6.29 Å². The minimum Gasteiger partial charge on any atom is -0.352 e. The van der Waals surface area contributed by atoms with Crippen LogP contribution in [-0.4, -0.2) is 17.3 Å². The highest BCUT2D eigenvalue weighted by molar-refractivity contribution is 14.1. The molecule has 0 fully saturated rings. The van der Waals surface area contributed by atoms with Crippen molar-refractivity contribution in [3.8, 4) is 0 Å². The summed E-state index contributed by atoms with van der Waals surface area (Å²) in [6.45, 7) is 3.29. The summed E-state index contributed by atoms with van der Waals surface area (Å²) in [6, 6.07) is 10.1. The van der Waals surface area contributed by atoms with Crippen molar-refractivity contribution < 1.29 is 9.47 Å². The fourth-order valence-electron chi connectivity index (χ4n) is 1.09. The van der Waals surface area contributed by atoms with Gasteiger partial charge in [-0.15, -0.1) is 0 Å². The zero-order valence-electron chi connectivity index (χ0n) is 8.28. The molecule has 14 heavy (non-hydrogen) atoms. The Hall–Kier alpha value is -0.130. The molecule has 1 atom stereocenters. The van der Waals surface area contributed by atoms with Crippen LogP contribution < -0.4 is 0 Å². The molecule has 0 spiro atoms. The molecule has 1 aromatic carbocycles. The van der Waals surface area contributed by atoms with Gasteiger partial charge in [0.1, 0.15) is 0 Å². The Balaban J connectivity index is 2.32. The number of benzene rings is 1. The molecule has 1 rings (SSSR count). The van der Waals surface area contributed by atoms with Crippen LogP contribution in [0.25, 0.3) is 0 Å². The molecule has 0 saturated heterocycles. The van der Waals surface area contributed by atoms with Crippen LogP contribution in [0.4, 0.5) is 0 Å². The molecule has 0 aromatic heterocycles. The van der Waals surface area contributed by atoms with Crippen LogP contribution in [0.5, 0.6) is 0 Å². The molecule has 0 bridgehead atoms. The SMILES string of the molecule is CCO[C@H](CI)OCc1ccccc1. The second kappa shape index (κ2) is 7.20. The number of hydrogen-bond donors (Lipinski definition) is 0. The summed E-state index contributed by atoms with van der Waals surface area (Å²) in [5.74, 6) is 0. The largest absolute Gasteiger partial charge is 0.352 e. The highest BCUT2D eigenvalue weighted by atomic mass is 127. The number of halogens is 1. The summed E-state index contributed by atoms with van der Waals surface area (Å²) in [5.41, 5.74) is 1.18. The Bertz CT molecular complexity index is 238. The Morgan fingerprint density at radius 1 is 1.21 bits per heavy atom. The van der Waals surface area contributed by atoms with Crippen molar-refractivity contribution in [3.63, 3.8) is 0 Å². The summed E-state index contributed by atoms with van der Waals surface area (Å²) in [6.07, 6.45) is -0.0826. The van der Waals surface area contributed by atoms with Crippen LogP contribution in [0.15, 0.2) is 30.3 Å².